The molecule has 1 unspecified atom stereocenters. The molecule has 7 heteroatoms. The molecule has 7 nitrogen and oxygen atoms in total. The van der Waals surface area contributed by atoms with Gasteiger partial charge in [0.25, 0.3) is 0 Å². The van der Waals surface area contributed by atoms with Crippen LogP contribution < -0.4 is 29.9 Å². The Morgan fingerprint density at radius 2 is 1.65 bits per heavy atom. The summed E-state index contributed by atoms with van der Waals surface area (Å²) < 4.78 is 17.2. The number of ether oxygens (including phenoxy) is 3. The van der Waals surface area contributed by atoms with Crippen LogP contribution in [-0.4, -0.2) is 40.3 Å². The van der Waals surface area contributed by atoms with Gasteiger partial charge in [0.05, 0.1) is 33.1 Å². The van der Waals surface area contributed by atoms with Crippen LogP contribution >= 0.6 is 0 Å². The molecule has 1 saturated heterocycles. The second-order valence-electron chi connectivity index (χ2n) is 10.7. The summed E-state index contributed by atoms with van der Waals surface area (Å²) in [5, 5.41) is 3.08. The van der Waals surface area contributed by atoms with E-state index in [9.17, 15) is 9.59 Å². The van der Waals surface area contributed by atoms with Gasteiger partial charge in [0, 0.05) is 25.6 Å². The number of methoxy groups -OCH3 is 3. The molecule has 0 aromatic heterocycles. The molecule has 1 N–H and O–H groups in total. The highest BCUT2D eigenvalue weighted by Crippen LogP contribution is 2.50. The highest BCUT2D eigenvalue weighted by atomic mass is 16.5. The van der Waals surface area contributed by atoms with Crippen molar-refractivity contribution in [2.45, 2.75) is 45.1 Å². The molecule has 1 heterocycles. The Bertz CT molecular complexity index is 1430. The zero-order valence-corrected chi connectivity index (χ0v) is 23.8. The van der Waals surface area contributed by atoms with Crippen LogP contribution in [-0.2, 0) is 17.6 Å². The predicted molar refractivity (Wildman–Crippen MR) is 158 cm³/mol. The molecular formula is C33H38N2O5. The standard InChI is InChI=1S/C33H38N2O5/c1-21(36)34-27-12-10-24-19-30(38-2)32(39-3)33(40-4)31(24)25-11-13-28(29(37)20-26(25)27)35-16-14-23(15-17-35)18-22-8-6-5-7-9-22/h5-9,11,13,19-20,23,27H,10,12,14-18H2,1-4H3,(H,34,36). The van der Waals surface area contributed by atoms with E-state index in [0.717, 1.165) is 54.6 Å². The van der Waals surface area contributed by atoms with Crippen molar-refractivity contribution in [3.05, 3.63) is 81.5 Å². The smallest absolute Gasteiger partial charge is 0.217 e. The Kier molecular flexibility index (Phi) is 8.29. The SMILES string of the molecule is COc1cc2c(c(OC)c1OC)-c1ccc(N3CCC(Cc4ccccc4)CC3)c(=O)cc1C(NC(C)=O)CC2. The van der Waals surface area contributed by atoms with Crippen molar-refractivity contribution in [1.82, 2.24) is 5.32 Å². The zero-order valence-electron chi connectivity index (χ0n) is 23.8. The van der Waals surface area contributed by atoms with Crippen molar-refractivity contribution in [2.24, 2.45) is 5.92 Å². The fraction of sp³-hybridized carbons (Fsp3) is 0.394. The molecule has 0 saturated carbocycles. The van der Waals surface area contributed by atoms with Gasteiger partial charge >= 0.3 is 0 Å². The van der Waals surface area contributed by atoms with Crippen molar-refractivity contribution >= 4 is 11.6 Å². The van der Waals surface area contributed by atoms with Crippen LogP contribution in [0.15, 0.2) is 59.4 Å². The summed E-state index contributed by atoms with van der Waals surface area (Å²) in [5.74, 6) is 2.11. The van der Waals surface area contributed by atoms with Crippen LogP contribution in [0.1, 0.15) is 48.9 Å². The summed E-state index contributed by atoms with van der Waals surface area (Å²) in [7, 11) is 4.80. The molecule has 0 bridgehead atoms. The highest BCUT2D eigenvalue weighted by Gasteiger charge is 2.30. The summed E-state index contributed by atoms with van der Waals surface area (Å²) in [4.78, 5) is 28.2. The molecule has 0 spiro atoms. The van der Waals surface area contributed by atoms with Gasteiger partial charge in [-0.25, -0.2) is 0 Å². The number of anilines is 1. The minimum Gasteiger partial charge on any atom is -0.493 e. The van der Waals surface area contributed by atoms with Crippen LogP contribution in [0.2, 0.25) is 0 Å². The molecule has 1 atom stereocenters. The number of fused-ring (bicyclic) bond motifs is 3. The Morgan fingerprint density at radius 3 is 2.30 bits per heavy atom. The molecule has 5 rings (SSSR count). The Morgan fingerprint density at radius 1 is 0.925 bits per heavy atom. The van der Waals surface area contributed by atoms with Gasteiger partial charge in [0.15, 0.2) is 11.5 Å². The minimum absolute atomic E-state index is 0.0407. The molecule has 1 amide bonds. The number of carbonyl (C=O) groups excluding carboxylic acids is 1. The number of piperidine rings is 1. The lowest BCUT2D eigenvalue weighted by molar-refractivity contribution is -0.119. The van der Waals surface area contributed by atoms with E-state index in [1.807, 2.05) is 18.2 Å². The van der Waals surface area contributed by atoms with Gasteiger partial charge in [-0.3, -0.25) is 9.59 Å². The van der Waals surface area contributed by atoms with Crippen LogP contribution in [0.5, 0.6) is 17.2 Å². The number of hydrogen-bond acceptors (Lipinski definition) is 6. The molecule has 0 radical (unpaired) electrons. The normalized spacial score (nSPS) is 16.8. The predicted octanol–water partition coefficient (Wildman–Crippen LogP) is 5.32. The molecule has 3 aromatic rings. The summed E-state index contributed by atoms with van der Waals surface area (Å²) >= 11 is 0. The van der Waals surface area contributed by atoms with E-state index >= 15 is 0 Å². The third-order valence-electron chi connectivity index (χ3n) is 8.22. The monoisotopic (exact) mass is 542 g/mol. The van der Waals surface area contributed by atoms with E-state index in [0.29, 0.717) is 41.7 Å². The number of nitrogens with one attached hydrogen (secondary N) is 1. The Labute approximate surface area is 236 Å². The van der Waals surface area contributed by atoms with Crippen molar-refractivity contribution in [1.29, 1.82) is 0 Å². The number of aryl methyl sites for hydroxylation is 1. The summed E-state index contributed by atoms with van der Waals surface area (Å²) in [6.45, 7) is 3.18. The lowest BCUT2D eigenvalue weighted by atomic mass is 9.90. The summed E-state index contributed by atoms with van der Waals surface area (Å²) in [6.07, 6.45) is 4.45. The second kappa shape index (κ2) is 12.0. The Hall–Kier alpha value is -4.00. The first-order chi connectivity index (χ1) is 19.4. The first kappa shape index (κ1) is 27.6. The number of carbonyl (C=O) groups is 1. The van der Waals surface area contributed by atoms with Gasteiger partial charge in [-0.15, -0.1) is 0 Å². The quantitative estimate of drug-likeness (QED) is 0.435. The van der Waals surface area contributed by atoms with Gasteiger partial charge in [-0.1, -0.05) is 36.4 Å². The van der Waals surface area contributed by atoms with Crippen LogP contribution in [0.25, 0.3) is 11.1 Å². The van der Waals surface area contributed by atoms with E-state index < -0.39 is 0 Å². The van der Waals surface area contributed by atoms with Gasteiger partial charge in [0.2, 0.25) is 17.1 Å². The average Bonchev–Trinajstić information content (AvgIpc) is 3.21. The van der Waals surface area contributed by atoms with Gasteiger partial charge < -0.3 is 24.4 Å². The van der Waals surface area contributed by atoms with Crippen LogP contribution in [0.3, 0.4) is 0 Å². The number of amides is 1. The number of rotatable bonds is 7. The summed E-state index contributed by atoms with van der Waals surface area (Å²) in [5.41, 5.74) is 5.54. The van der Waals surface area contributed by atoms with E-state index in [2.05, 4.69) is 40.5 Å². The van der Waals surface area contributed by atoms with E-state index in [-0.39, 0.29) is 17.4 Å². The number of hydrogen-bond donors (Lipinski definition) is 1. The molecule has 40 heavy (non-hydrogen) atoms. The van der Waals surface area contributed by atoms with Crippen molar-refractivity contribution < 1.29 is 19.0 Å². The molecular weight excluding hydrogens is 504 g/mol. The molecule has 1 aliphatic heterocycles. The first-order valence-corrected chi connectivity index (χ1v) is 14.0. The largest absolute Gasteiger partial charge is 0.493 e. The average molecular weight is 543 g/mol. The molecule has 210 valence electrons. The third kappa shape index (κ3) is 5.51. The lowest BCUT2D eigenvalue weighted by Gasteiger charge is -2.33. The minimum atomic E-state index is -0.314. The molecule has 1 aliphatic carbocycles. The maximum atomic E-state index is 13.8. The molecule has 1 fully saturated rings. The highest BCUT2D eigenvalue weighted by molar-refractivity contribution is 5.83. The second-order valence-corrected chi connectivity index (χ2v) is 10.7. The van der Waals surface area contributed by atoms with Crippen molar-refractivity contribution in [2.75, 3.05) is 39.3 Å². The first-order valence-electron chi connectivity index (χ1n) is 14.0. The maximum Gasteiger partial charge on any atom is 0.217 e. The van der Waals surface area contributed by atoms with Crippen molar-refractivity contribution in [3.8, 4) is 28.4 Å². The van der Waals surface area contributed by atoms with Gasteiger partial charge in [-0.05, 0) is 78.5 Å². The fourth-order valence-corrected chi connectivity index (χ4v) is 6.29. The van der Waals surface area contributed by atoms with Crippen LogP contribution in [0.4, 0.5) is 5.69 Å². The van der Waals surface area contributed by atoms with Crippen LogP contribution in [0, 0.1) is 5.92 Å². The maximum absolute atomic E-state index is 13.8. The molecule has 2 aliphatic rings. The fourth-order valence-electron chi connectivity index (χ4n) is 6.29. The van der Waals surface area contributed by atoms with Crippen molar-refractivity contribution in [3.63, 3.8) is 0 Å². The third-order valence-corrected chi connectivity index (χ3v) is 8.22. The van der Waals surface area contributed by atoms with E-state index in [1.165, 1.54) is 12.5 Å². The topological polar surface area (TPSA) is 77.1 Å². The van der Waals surface area contributed by atoms with E-state index in [4.69, 9.17) is 14.2 Å². The Balaban J connectivity index is 1.55. The van der Waals surface area contributed by atoms with Gasteiger partial charge in [-0.2, -0.15) is 0 Å². The lowest BCUT2D eigenvalue weighted by Crippen LogP contribution is -2.36. The van der Waals surface area contributed by atoms with Gasteiger partial charge in [0.1, 0.15) is 0 Å². The summed E-state index contributed by atoms with van der Waals surface area (Å²) in [6, 6.07) is 17.9. The number of benzene rings is 2. The zero-order chi connectivity index (χ0) is 28.2. The van der Waals surface area contributed by atoms with E-state index in [1.54, 1.807) is 27.4 Å². The number of nitrogens with zero attached hydrogens (tertiary/aromatic N) is 1. The molecule has 3 aromatic carbocycles.